The van der Waals surface area contributed by atoms with Crippen LogP contribution in [0.1, 0.15) is 17.0 Å². The third-order valence-electron chi connectivity index (χ3n) is 2.66. The van der Waals surface area contributed by atoms with Crippen molar-refractivity contribution in [1.29, 1.82) is 0 Å². The quantitative estimate of drug-likeness (QED) is 0.798. The molecule has 2 aromatic rings. The number of benzene rings is 1. The minimum absolute atomic E-state index is 0.362. The molecule has 1 aromatic carbocycles. The standard InChI is InChI=1S/C12H11Br2N3S/c1-6-11(14)7(2)17(16-6)10-5-8(13)3-4-9(10)12(15)18/h3-5H,1-2H3,(H2,15,18). The molecule has 6 heteroatoms. The van der Waals surface area contributed by atoms with E-state index < -0.39 is 0 Å². The maximum absolute atomic E-state index is 5.76. The van der Waals surface area contributed by atoms with Crippen molar-refractivity contribution in [2.24, 2.45) is 5.73 Å². The number of aromatic nitrogens is 2. The lowest BCUT2D eigenvalue weighted by molar-refractivity contribution is 0.831. The van der Waals surface area contributed by atoms with Gasteiger partial charge in [-0.05, 0) is 48.0 Å². The minimum atomic E-state index is 0.362. The average Bonchev–Trinajstić information content (AvgIpc) is 2.56. The predicted molar refractivity (Wildman–Crippen MR) is 84.3 cm³/mol. The summed E-state index contributed by atoms with van der Waals surface area (Å²) in [5.74, 6) is 0. The first-order valence-electron chi connectivity index (χ1n) is 5.23. The summed E-state index contributed by atoms with van der Waals surface area (Å²) in [6.45, 7) is 3.94. The summed E-state index contributed by atoms with van der Waals surface area (Å²) in [6.07, 6.45) is 0. The van der Waals surface area contributed by atoms with Crippen LogP contribution in [0.3, 0.4) is 0 Å². The zero-order valence-electron chi connectivity index (χ0n) is 9.87. The molecule has 2 rings (SSSR count). The van der Waals surface area contributed by atoms with E-state index in [9.17, 15) is 0 Å². The van der Waals surface area contributed by atoms with Crippen molar-refractivity contribution in [3.63, 3.8) is 0 Å². The summed E-state index contributed by atoms with van der Waals surface area (Å²) >= 11 is 12.1. The Balaban J connectivity index is 2.73. The van der Waals surface area contributed by atoms with E-state index in [1.54, 1.807) is 0 Å². The van der Waals surface area contributed by atoms with Crippen LogP contribution in [0, 0.1) is 13.8 Å². The highest BCUT2D eigenvalue weighted by Gasteiger charge is 2.14. The number of hydrogen-bond acceptors (Lipinski definition) is 2. The summed E-state index contributed by atoms with van der Waals surface area (Å²) in [5.41, 5.74) is 9.40. The zero-order valence-corrected chi connectivity index (χ0v) is 13.9. The van der Waals surface area contributed by atoms with E-state index in [1.807, 2.05) is 36.7 Å². The van der Waals surface area contributed by atoms with Gasteiger partial charge in [-0.1, -0.05) is 28.1 Å². The lowest BCUT2D eigenvalue weighted by Gasteiger charge is -2.10. The lowest BCUT2D eigenvalue weighted by Crippen LogP contribution is -2.14. The van der Waals surface area contributed by atoms with Crippen LogP contribution in [0.2, 0.25) is 0 Å². The van der Waals surface area contributed by atoms with E-state index >= 15 is 0 Å². The van der Waals surface area contributed by atoms with Gasteiger partial charge in [0.25, 0.3) is 0 Å². The van der Waals surface area contributed by atoms with Crippen molar-refractivity contribution in [1.82, 2.24) is 9.78 Å². The Morgan fingerprint density at radius 3 is 2.50 bits per heavy atom. The first-order chi connectivity index (χ1) is 8.41. The molecule has 0 spiro atoms. The summed E-state index contributed by atoms with van der Waals surface area (Å²) in [4.78, 5) is 0.362. The molecule has 0 aliphatic carbocycles. The number of hydrogen-bond donors (Lipinski definition) is 1. The van der Waals surface area contributed by atoms with E-state index in [4.69, 9.17) is 18.0 Å². The smallest absolute Gasteiger partial charge is 0.106 e. The Kier molecular flexibility index (Phi) is 3.89. The van der Waals surface area contributed by atoms with Crippen molar-refractivity contribution in [2.75, 3.05) is 0 Å². The SMILES string of the molecule is Cc1nn(-c2cc(Br)ccc2C(N)=S)c(C)c1Br. The summed E-state index contributed by atoms with van der Waals surface area (Å²) in [5, 5.41) is 4.50. The number of nitrogens with two attached hydrogens (primary N) is 1. The molecule has 2 N–H and O–H groups in total. The second kappa shape index (κ2) is 5.11. The van der Waals surface area contributed by atoms with Crippen molar-refractivity contribution < 1.29 is 0 Å². The second-order valence-electron chi connectivity index (χ2n) is 3.92. The topological polar surface area (TPSA) is 43.8 Å². The Hall–Kier alpha value is -0.720. The summed E-state index contributed by atoms with van der Waals surface area (Å²) in [6, 6.07) is 5.77. The monoisotopic (exact) mass is 387 g/mol. The van der Waals surface area contributed by atoms with Gasteiger partial charge in [-0.15, -0.1) is 0 Å². The molecule has 18 heavy (non-hydrogen) atoms. The largest absolute Gasteiger partial charge is 0.389 e. The van der Waals surface area contributed by atoms with Crippen molar-refractivity contribution in [3.8, 4) is 5.69 Å². The van der Waals surface area contributed by atoms with E-state index in [0.717, 1.165) is 31.6 Å². The zero-order chi connectivity index (χ0) is 13.4. The normalized spacial score (nSPS) is 10.7. The molecule has 0 bridgehead atoms. The summed E-state index contributed by atoms with van der Waals surface area (Å²) in [7, 11) is 0. The molecule has 0 aliphatic heterocycles. The molecule has 94 valence electrons. The Labute approximate surface area is 128 Å². The predicted octanol–water partition coefficient (Wildman–Crippen LogP) is 3.65. The third-order valence-corrected chi connectivity index (χ3v) is 4.52. The Bertz CT molecular complexity index is 634. The molecular weight excluding hydrogens is 378 g/mol. The molecule has 0 fully saturated rings. The van der Waals surface area contributed by atoms with Gasteiger partial charge in [-0.25, -0.2) is 4.68 Å². The van der Waals surface area contributed by atoms with Crippen molar-refractivity contribution in [3.05, 3.63) is 44.1 Å². The van der Waals surface area contributed by atoms with Gasteiger partial charge >= 0.3 is 0 Å². The van der Waals surface area contributed by atoms with Crippen LogP contribution in [-0.4, -0.2) is 14.8 Å². The Morgan fingerprint density at radius 2 is 2.00 bits per heavy atom. The highest BCUT2D eigenvalue weighted by molar-refractivity contribution is 9.10. The third kappa shape index (κ3) is 2.37. The van der Waals surface area contributed by atoms with Crippen molar-refractivity contribution in [2.45, 2.75) is 13.8 Å². The number of rotatable bonds is 2. The van der Waals surface area contributed by atoms with Gasteiger partial charge in [0.1, 0.15) is 4.99 Å². The second-order valence-corrected chi connectivity index (χ2v) is 6.07. The Morgan fingerprint density at radius 1 is 1.33 bits per heavy atom. The van der Waals surface area contributed by atoms with Gasteiger partial charge in [-0.2, -0.15) is 5.10 Å². The van der Waals surface area contributed by atoms with Gasteiger partial charge in [-0.3, -0.25) is 0 Å². The average molecular weight is 389 g/mol. The highest BCUT2D eigenvalue weighted by Crippen LogP contribution is 2.26. The van der Waals surface area contributed by atoms with Gasteiger partial charge < -0.3 is 5.73 Å². The fourth-order valence-electron chi connectivity index (χ4n) is 1.75. The molecule has 0 unspecified atom stereocenters. The minimum Gasteiger partial charge on any atom is -0.389 e. The number of thiocarbonyl (C=S) groups is 1. The molecule has 1 aromatic heterocycles. The molecule has 0 aliphatic rings. The first kappa shape index (κ1) is 13.7. The van der Waals surface area contributed by atoms with E-state index in [1.165, 1.54) is 0 Å². The fraction of sp³-hybridized carbons (Fsp3) is 0.167. The molecular formula is C12H11Br2N3S. The maximum Gasteiger partial charge on any atom is 0.106 e. The van der Waals surface area contributed by atoms with E-state index in [0.29, 0.717) is 4.99 Å². The summed E-state index contributed by atoms with van der Waals surface area (Å²) < 4.78 is 3.80. The lowest BCUT2D eigenvalue weighted by atomic mass is 10.2. The van der Waals surface area contributed by atoms with Crippen LogP contribution >= 0.6 is 44.1 Å². The number of halogens is 2. The highest BCUT2D eigenvalue weighted by atomic mass is 79.9. The molecule has 0 amide bonds. The van der Waals surface area contributed by atoms with E-state index in [-0.39, 0.29) is 0 Å². The van der Waals surface area contributed by atoms with Crippen LogP contribution in [0.5, 0.6) is 0 Å². The maximum atomic E-state index is 5.76. The fourth-order valence-corrected chi connectivity index (χ4v) is 2.52. The molecule has 3 nitrogen and oxygen atoms in total. The molecule has 0 saturated carbocycles. The number of nitrogens with zero attached hydrogens (tertiary/aromatic N) is 2. The molecule has 0 saturated heterocycles. The van der Waals surface area contributed by atoms with Crippen LogP contribution in [0.4, 0.5) is 0 Å². The van der Waals surface area contributed by atoms with Crippen LogP contribution in [-0.2, 0) is 0 Å². The van der Waals surface area contributed by atoms with E-state index in [2.05, 4.69) is 37.0 Å². The van der Waals surface area contributed by atoms with Crippen LogP contribution in [0.15, 0.2) is 27.1 Å². The van der Waals surface area contributed by atoms with Crippen LogP contribution in [0.25, 0.3) is 5.69 Å². The molecule has 0 radical (unpaired) electrons. The van der Waals surface area contributed by atoms with Gasteiger partial charge in [0.2, 0.25) is 0 Å². The first-order valence-corrected chi connectivity index (χ1v) is 7.22. The number of aryl methyl sites for hydroxylation is 1. The van der Waals surface area contributed by atoms with Crippen LogP contribution < -0.4 is 5.73 Å². The molecule has 0 atom stereocenters. The molecule has 1 heterocycles. The van der Waals surface area contributed by atoms with Crippen molar-refractivity contribution >= 4 is 49.1 Å². The van der Waals surface area contributed by atoms with Gasteiger partial charge in [0, 0.05) is 10.0 Å². The van der Waals surface area contributed by atoms with Gasteiger partial charge in [0.05, 0.1) is 21.5 Å². The van der Waals surface area contributed by atoms with Gasteiger partial charge in [0.15, 0.2) is 0 Å².